The van der Waals surface area contributed by atoms with E-state index in [0.29, 0.717) is 0 Å². The molecule has 0 atom stereocenters. The van der Waals surface area contributed by atoms with Crippen LogP contribution >= 0.6 is 15.9 Å². The van der Waals surface area contributed by atoms with Gasteiger partial charge in [0.2, 0.25) is 0 Å². The van der Waals surface area contributed by atoms with Gasteiger partial charge in [-0.2, -0.15) is 13.2 Å². The molecule has 6 heteroatoms. The molecule has 0 aliphatic rings. The topological polar surface area (TPSA) is 17.1 Å². The normalized spacial score (nSPS) is 11.5. The number of carbonyl (C=O) groups is 1. The fraction of sp³-hybridized carbons (Fsp3) is 0.125. The molecule has 0 aliphatic heterocycles. The van der Waals surface area contributed by atoms with Crippen LogP contribution in [0.3, 0.4) is 0 Å². The standard InChI is InChI=1S/C8H3BrF4O/c9-5-1-2-6(10)4(3-14)7(5)8(11,12)13/h1-3H. The second kappa shape index (κ2) is 3.68. The van der Waals surface area contributed by atoms with Gasteiger partial charge in [0.1, 0.15) is 5.82 Å². The molecule has 0 radical (unpaired) electrons. The summed E-state index contributed by atoms with van der Waals surface area (Å²) in [6.45, 7) is 0. The summed E-state index contributed by atoms with van der Waals surface area (Å²) in [4.78, 5) is 10.3. The Morgan fingerprint density at radius 1 is 1.29 bits per heavy atom. The van der Waals surface area contributed by atoms with E-state index >= 15 is 0 Å². The summed E-state index contributed by atoms with van der Waals surface area (Å²) in [6, 6.07) is 1.70. The van der Waals surface area contributed by atoms with Gasteiger partial charge in [-0.15, -0.1) is 0 Å². The zero-order valence-corrected chi connectivity index (χ0v) is 8.12. The minimum Gasteiger partial charge on any atom is -0.298 e. The van der Waals surface area contributed by atoms with Gasteiger partial charge in [-0.25, -0.2) is 4.39 Å². The molecule has 0 saturated heterocycles. The van der Waals surface area contributed by atoms with E-state index in [4.69, 9.17) is 0 Å². The zero-order valence-electron chi connectivity index (χ0n) is 6.53. The van der Waals surface area contributed by atoms with Gasteiger partial charge < -0.3 is 0 Å². The van der Waals surface area contributed by atoms with Crippen LogP contribution in [0, 0.1) is 5.82 Å². The van der Waals surface area contributed by atoms with Crippen molar-refractivity contribution in [3.8, 4) is 0 Å². The average Bonchev–Trinajstić information content (AvgIpc) is 2.06. The lowest BCUT2D eigenvalue weighted by Gasteiger charge is -2.11. The van der Waals surface area contributed by atoms with Crippen LogP contribution in [0.4, 0.5) is 17.6 Å². The maximum Gasteiger partial charge on any atom is 0.418 e. The van der Waals surface area contributed by atoms with Crippen LogP contribution < -0.4 is 0 Å². The third kappa shape index (κ3) is 1.95. The van der Waals surface area contributed by atoms with Crippen LogP contribution in [0.1, 0.15) is 15.9 Å². The minimum atomic E-state index is -4.75. The van der Waals surface area contributed by atoms with E-state index in [0.717, 1.165) is 12.1 Å². The molecule has 0 heterocycles. The molecular formula is C8H3BrF4O. The van der Waals surface area contributed by atoms with Gasteiger partial charge in [-0.3, -0.25) is 4.79 Å². The van der Waals surface area contributed by atoms with Crippen molar-refractivity contribution in [1.82, 2.24) is 0 Å². The molecule has 0 spiro atoms. The third-order valence-corrected chi connectivity index (χ3v) is 2.20. The number of rotatable bonds is 1. The van der Waals surface area contributed by atoms with E-state index in [1.165, 1.54) is 0 Å². The third-order valence-electron chi connectivity index (χ3n) is 1.54. The lowest BCUT2D eigenvalue weighted by atomic mass is 10.1. The molecule has 1 aromatic rings. The zero-order chi connectivity index (χ0) is 10.9. The summed E-state index contributed by atoms with van der Waals surface area (Å²) < 4.78 is 49.4. The maximum absolute atomic E-state index is 12.8. The highest BCUT2D eigenvalue weighted by molar-refractivity contribution is 9.10. The number of aldehydes is 1. The molecule has 1 aromatic carbocycles. The highest BCUT2D eigenvalue weighted by Gasteiger charge is 2.36. The number of hydrogen-bond donors (Lipinski definition) is 0. The van der Waals surface area contributed by atoms with Crippen molar-refractivity contribution in [1.29, 1.82) is 0 Å². The van der Waals surface area contributed by atoms with Gasteiger partial charge in [0.25, 0.3) is 0 Å². The Bertz CT molecular complexity index is 372. The molecule has 1 nitrogen and oxygen atoms in total. The highest BCUT2D eigenvalue weighted by Crippen LogP contribution is 2.37. The molecule has 76 valence electrons. The smallest absolute Gasteiger partial charge is 0.298 e. The second-order valence-corrected chi connectivity index (χ2v) is 3.29. The quantitative estimate of drug-likeness (QED) is 0.565. The molecule has 1 rings (SSSR count). The van der Waals surface area contributed by atoms with E-state index in [-0.39, 0.29) is 10.8 Å². The predicted octanol–water partition coefficient (Wildman–Crippen LogP) is 3.42. The lowest BCUT2D eigenvalue weighted by molar-refractivity contribution is -0.138. The van der Waals surface area contributed by atoms with Crippen LogP contribution in [-0.2, 0) is 6.18 Å². The van der Waals surface area contributed by atoms with Gasteiger partial charge in [0, 0.05) is 4.47 Å². The molecule has 0 bridgehead atoms. The average molecular weight is 271 g/mol. The first-order chi connectivity index (χ1) is 6.38. The predicted molar refractivity (Wildman–Crippen MR) is 44.5 cm³/mol. The lowest BCUT2D eigenvalue weighted by Crippen LogP contribution is -2.11. The Balaban J connectivity index is 3.53. The molecule has 0 saturated carbocycles. The molecule has 0 fully saturated rings. The summed E-state index contributed by atoms with van der Waals surface area (Å²) >= 11 is 2.61. The van der Waals surface area contributed by atoms with Gasteiger partial charge in [-0.1, -0.05) is 15.9 Å². The molecule has 0 amide bonds. The Morgan fingerprint density at radius 3 is 2.21 bits per heavy atom. The second-order valence-electron chi connectivity index (χ2n) is 2.43. The van der Waals surface area contributed by atoms with Gasteiger partial charge in [0.05, 0.1) is 11.1 Å². The van der Waals surface area contributed by atoms with Crippen molar-refractivity contribution in [2.24, 2.45) is 0 Å². The van der Waals surface area contributed by atoms with E-state index < -0.39 is 23.1 Å². The van der Waals surface area contributed by atoms with E-state index in [9.17, 15) is 22.4 Å². The first kappa shape index (κ1) is 11.2. The molecule has 14 heavy (non-hydrogen) atoms. The summed E-state index contributed by atoms with van der Waals surface area (Å²) in [6.07, 6.45) is -4.90. The Hall–Kier alpha value is -0.910. The van der Waals surface area contributed by atoms with Crippen molar-refractivity contribution in [2.45, 2.75) is 6.18 Å². The number of hydrogen-bond acceptors (Lipinski definition) is 1. The van der Waals surface area contributed by atoms with E-state index in [2.05, 4.69) is 15.9 Å². The van der Waals surface area contributed by atoms with Crippen molar-refractivity contribution in [3.05, 3.63) is 33.5 Å². The molecule has 0 aliphatic carbocycles. The van der Waals surface area contributed by atoms with Gasteiger partial charge in [-0.05, 0) is 12.1 Å². The van der Waals surface area contributed by atoms with Crippen molar-refractivity contribution >= 4 is 22.2 Å². The summed E-state index contributed by atoms with van der Waals surface area (Å²) in [7, 11) is 0. The van der Waals surface area contributed by atoms with Crippen LogP contribution in [-0.4, -0.2) is 6.29 Å². The van der Waals surface area contributed by atoms with E-state index in [1.807, 2.05) is 0 Å². The molecule has 0 N–H and O–H groups in total. The highest BCUT2D eigenvalue weighted by atomic mass is 79.9. The first-order valence-corrected chi connectivity index (χ1v) is 4.17. The van der Waals surface area contributed by atoms with Gasteiger partial charge in [0.15, 0.2) is 6.29 Å². The fourth-order valence-corrected chi connectivity index (χ4v) is 1.54. The summed E-state index contributed by atoms with van der Waals surface area (Å²) in [5.74, 6) is -1.18. The van der Waals surface area contributed by atoms with Crippen LogP contribution in [0.25, 0.3) is 0 Å². The summed E-state index contributed by atoms with van der Waals surface area (Å²) in [5, 5.41) is 0. The largest absolute Gasteiger partial charge is 0.418 e. The number of carbonyl (C=O) groups excluding carboxylic acids is 1. The SMILES string of the molecule is O=Cc1c(F)ccc(Br)c1C(F)(F)F. The molecule has 0 aromatic heterocycles. The molecule has 0 unspecified atom stereocenters. The van der Waals surface area contributed by atoms with Crippen molar-refractivity contribution in [3.63, 3.8) is 0 Å². The number of halogens is 5. The monoisotopic (exact) mass is 270 g/mol. The number of alkyl halides is 3. The number of benzene rings is 1. The molecular weight excluding hydrogens is 268 g/mol. The fourth-order valence-electron chi connectivity index (χ4n) is 0.971. The summed E-state index contributed by atoms with van der Waals surface area (Å²) in [5.41, 5.74) is -2.26. The minimum absolute atomic E-state index is 0.150. The Labute approximate surface area is 84.9 Å². The maximum atomic E-state index is 12.8. The Morgan fingerprint density at radius 2 is 1.86 bits per heavy atom. The van der Waals surface area contributed by atoms with Gasteiger partial charge >= 0.3 is 6.18 Å². The first-order valence-electron chi connectivity index (χ1n) is 3.38. The Kier molecular flexibility index (Phi) is 2.94. The van der Waals surface area contributed by atoms with Crippen LogP contribution in [0.5, 0.6) is 0 Å². The van der Waals surface area contributed by atoms with Crippen molar-refractivity contribution in [2.75, 3.05) is 0 Å². The van der Waals surface area contributed by atoms with E-state index in [1.54, 1.807) is 0 Å². The van der Waals surface area contributed by atoms with Crippen LogP contribution in [0.2, 0.25) is 0 Å². The van der Waals surface area contributed by atoms with Crippen molar-refractivity contribution < 1.29 is 22.4 Å². The van der Waals surface area contributed by atoms with Crippen LogP contribution in [0.15, 0.2) is 16.6 Å².